The summed E-state index contributed by atoms with van der Waals surface area (Å²) in [7, 11) is 0. The zero-order valence-corrected chi connectivity index (χ0v) is 16.4. The molecule has 2 aromatic rings. The molecule has 2 heterocycles. The zero-order valence-electron chi connectivity index (χ0n) is 14.9. The van der Waals surface area contributed by atoms with Crippen LogP contribution >= 0.6 is 15.9 Å². The average Bonchev–Trinajstić information content (AvgIpc) is 3.10. The van der Waals surface area contributed by atoms with E-state index in [1.807, 2.05) is 18.7 Å². The van der Waals surface area contributed by atoms with Crippen molar-refractivity contribution in [2.24, 2.45) is 0 Å². The van der Waals surface area contributed by atoms with E-state index in [2.05, 4.69) is 21.2 Å². The summed E-state index contributed by atoms with van der Waals surface area (Å²) in [5.41, 5.74) is 0.195. The van der Waals surface area contributed by atoms with Gasteiger partial charge in [-0.3, -0.25) is 14.9 Å². The van der Waals surface area contributed by atoms with E-state index in [0.717, 1.165) is 22.5 Å². The van der Waals surface area contributed by atoms with Crippen molar-refractivity contribution in [1.82, 2.24) is 5.32 Å². The summed E-state index contributed by atoms with van der Waals surface area (Å²) in [6, 6.07) is 9.31. The van der Waals surface area contributed by atoms with Crippen LogP contribution in [0.1, 0.15) is 19.6 Å². The van der Waals surface area contributed by atoms with Gasteiger partial charge in [-0.15, -0.1) is 0 Å². The lowest BCUT2D eigenvalue weighted by Gasteiger charge is -2.26. The van der Waals surface area contributed by atoms with Crippen molar-refractivity contribution in [2.75, 3.05) is 22.9 Å². The minimum absolute atomic E-state index is 0.169. The quantitative estimate of drug-likeness (QED) is 0.577. The summed E-state index contributed by atoms with van der Waals surface area (Å²) in [6.07, 6.45) is 1.35. The Kier molecular flexibility index (Phi) is 5.46. The van der Waals surface area contributed by atoms with Crippen LogP contribution in [0.2, 0.25) is 0 Å². The van der Waals surface area contributed by atoms with E-state index in [4.69, 9.17) is 4.42 Å². The molecule has 1 aliphatic rings. The number of urea groups is 1. The highest BCUT2D eigenvalue weighted by atomic mass is 79.9. The first-order valence-electron chi connectivity index (χ1n) is 8.46. The van der Waals surface area contributed by atoms with Crippen molar-refractivity contribution in [3.05, 3.63) is 52.2 Å². The summed E-state index contributed by atoms with van der Waals surface area (Å²) in [5, 5.41) is 2.19. The number of barbiturate groups is 1. The Balaban J connectivity index is 1.93. The third-order valence-corrected chi connectivity index (χ3v) is 4.69. The maximum Gasteiger partial charge on any atom is 0.335 e. The van der Waals surface area contributed by atoms with Gasteiger partial charge in [0.25, 0.3) is 11.8 Å². The molecular formula is C19H18BrN3O4. The van der Waals surface area contributed by atoms with Gasteiger partial charge in [-0.2, -0.15) is 0 Å². The van der Waals surface area contributed by atoms with Gasteiger partial charge >= 0.3 is 6.03 Å². The number of carbonyl (C=O) groups is 3. The Hall–Kier alpha value is -2.87. The number of amides is 4. The van der Waals surface area contributed by atoms with Crippen molar-refractivity contribution in [1.29, 1.82) is 0 Å². The van der Waals surface area contributed by atoms with Crippen LogP contribution in [0.25, 0.3) is 6.08 Å². The number of carbonyl (C=O) groups excluding carboxylic acids is 3. The third-order valence-electron chi connectivity index (χ3n) is 4.16. The van der Waals surface area contributed by atoms with Crippen molar-refractivity contribution in [3.63, 3.8) is 0 Å². The number of nitrogens with zero attached hydrogens (tertiary/aromatic N) is 2. The average molecular weight is 432 g/mol. The number of anilines is 2. The molecule has 4 amide bonds. The smallest absolute Gasteiger partial charge is 0.335 e. The first-order chi connectivity index (χ1) is 12.9. The predicted octanol–water partition coefficient (Wildman–Crippen LogP) is 3.55. The Morgan fingerprint density at radius 3 is 2.37 bits per heavy atom. The van der Waals surface area contributed by atoms with Crippen LogP contribution in [-0.2, 0) is 9.59 Å². The van der Waals surface area contributed by atoms with Crippen LogP contribution in [-0.4, -0.2) is 30.9 Å². The van der Waals surface area contributed by atoms with Crippen molar-refractivity contribution >= 4 is 51.4 Å². The normalized spacial score (nSPS) is 16.0. The Bertz CT molecular complexity index is 913. The van der Waals surface area contributed by atoms with Crippen LogP contribution in [0.5, 0.6) is 0 Å². The molecule has 0 atom stereocenters. The SMILES string of the molecule is CCN(CC)c1ccc(/C=C2\C(=O)NC(=O)N(c3ccc(Br)cc3)C2=O)o1. The second-order valence-electron chi connectivity index (χ2n) is 5.78. The van der Waals surface area contributed by atoms with Crippen LogP contribution in [0.15, 0.2) is 50.9 Å². The summed E-state index contributed by atoms with van der Waals surface area (Å²) < 4.78 is 6.53. The van der Waals surface area contributed by atoms with Crippen LogP contribution < -0.4 is 15.1 Å². The van der Waals surface area contributed by atoms with E-state index in [1.54, 1.807) is 36.4 Å². The lowest BCUT2D eigenvalue weighted by Crippen LogP contribution is -2.54. The molecule has 1 fully saturated rings. The second-order valence-corrected chi connectivity index (χ2v) is 6.70. The van der Waals surface area contributed by atoms with E-state index in [1.165, 1.54) is 6.08 Å². The van der Waals surface area contributed by atoms with Gasteiger partial charge in [-0.05, 0) is 50.3 Å². The van der Waals surface area contributed by atoms with E-state index < -0.39 is 17.8 Å². The summed E-state index contributed by atoms with van der Waals surface area (Å²) >= 11 is 3.31. The molecule has 0 spiro atoms. The standard InChI is InChI=1S/C19H18BrN3O4/c1-3-22(4-2)16-10-9-14(27-16)11-15-17(24)21-19(26)23(18(15)25)13-7-5-12(20)6-8-13/h5-11H,3-4H2,1-2H3,(H,21,24,26)/b15-11+. The maximum atomic E-state index is 12.8. The highest BCUT2D eigenvalue weighted by Gasteiger charge is 2.37. The fourth-order valence-electron chi connectivity index (χ4n) is 2.75. The summed E-state index contributed by atoms with van der Waals surface area (Å²) in [6.45, 7) is 5.55. The first kappa shape index (κ1) is 18.9. The fourth-order valence-corrected chi connectivity index (χ4v) is 3.01. The summed E-state index contributed by atoms with van der Waals surface area (Å²) in [5.74, 6) is -0.442. The Labute approximate surface area is 164 Å². The van der Waals surface area contributed by atoms with E-state index in [-0.39, 0.29) is 5.57 Å². The molecule has 140 valence electrons. The first-order valence-corrected chi connectivity index (χ1v) is 9.25. The van der Waals surface area contributed by atoms with Crippen LogP contribution in [0.4, 0.5) is 16.4 Å². The maximum absolute atomic E-state index is 12.8. The molecule has 0 unspecified atom stereocenters. The van der Waals surface area contributed by atoms with Crippen molar-refractivity contribution < 1.29 is 18.8 Å². The van der Waals surface area contributed by atoms with Gasteiger partial charge in [0.2, 0.25) is 0 Å². The van der Waals surface area contributed by atoms with Crippen LogP contribution in [0.3, 0.4) is 0 Å². The minimum atomic E-state index is -0.784. The minimum Gasteiger partial charge on any atom is -0.441 e. The van der Waals surface area contributed by atoms with Crippen molar-refractivity contribution in [2.45, 2.75) is 13.8 Å². The molecule has 0 aliphatic carbocycles. The number of hydrogen-bond donors (Lipinski definition) is 1. The van der Waals surface area contributed by atoms with E-state index in [9.17, 15) is 14.4 Å². The number of furan rings is 1. The molecule has 7 nitrogen and oxygen atoms in total. The number of imide groups is 2. The topological polar surface area (TPSA) is 82.9 Å². The number of hydrogen-bond acceptors (Lipinski definition) is 5. The van der Waals surface area contributed by atoms with E-state index in [0.29, 0.717) is 17.3 Å². The molecule has 1 aliphatic heterocycles. The fraction of sp³-hybridized carbons (Fsp3) is 0.211. The van der Waals surface area contributed by atoms with Gasteiger partial charge in [-0.25, -0.2) is 9.69 Å². The van der Waals surface area contributed by atoms with Crippen LogP contribution in [0, 0.1) is 0 Å². The highest BCUT2D eigenvalue weighted by molar-refractivity contribution is 9.10. The number of nitrogens with one attached hydrogen (secondary N) is 1. The zero-order chi connectivity index (χ0) is 19.6. The van der Waals surface area contributed by atoms with Gasteiger partial charge in [0, 0.05) is 23.6 Å². The molecule has 0 saturated carbocycles. The van der Waals surface area contributed by atoms with Gasteiger partial charge in [0.15, 0.2) is 5.88 Å². The molecule has 27 heavy (non-hydrogen) atoms. The lowest BCUT2D eigenvalue weighted by atomic mass is 10.1. The Morgan fingerprint density at radius 2 is 1.74 bits per heavy atom. The monoisotopic (exact) mass is 431 g/mol. The van der Waals surface area contributed by atoms with Gasteiger partial charge in [0.05, 0.1) is 5.69 Å². The molecule has 3 rings (SSSR count). The van der Waals surface area contributed by atoms with Gasteiger partial charge in [-0.1, -0.05) is 15.9 Å². The highest BCUT2D eigenvalue weighted by Crippen LogP contribution is 2.25. The molecule has 0 bridgehead atoms. The molecule has 8 heteroatoms. The number of halogens is 1. The Morgan fingerprint density at radius 1 is 1.07 bits per heavy atom. The van der Waals surface area contributed by atoms with E-state index >= 15 is 0 Å². The predicted molar refractivity (Wildman–Crippen MR) is 105 cm³/mol. The van der Waals surface area contributed by atoms with Gasteiger partial charge < -0.3 is 9.32 Å². The summed E-state index contributed by atoms with van der Waals surface area (Å²) in [4.78, 5) is 40.1. The molecule has 1 N–H and O–H groups in total. The molecule has 1 saturated heterocycles. The molecule has 1 aromatic heterocycles. The number of benzene rings is 1. The number of rotatable bonds is 5. The molecule has 0 radical (unpaired) electrons. The third kappa shape index (κ3) is 3.80. The largest absolute Gasteiger partial charge is 0.441 e. The molecule has 1 aromatic carbocycles. The van der Waals surface area contributed by atoms with Crippen molar-refractivity contribution in [3.8, 4) is 0 Å². The molecular weight excluding hydrogens is 414 g/mol. The second kappa shape index (κ2) is 7.79. The lowest BCUT2D eigenvalue weighted by molar-refractivity contribution is -0.122. The van der Waals surface area contributed by atoms with Gasteiger partial charge in [0.1, 0.15) is 11.3 Å².